The van der Waals surface area contributed by atoms with Crippen molar-refractivity contribution >= 4 is 11.9 Å². The normalized spacial score (nSPS) is 31.5. The number of carbonyl (C=O) groups is 2. The zero-order chi connectivity index (χ0) is 21.2. The van der Waals surface area contributed by atoms with Crippen molar-refractivity contribution in [2.75, 3.05) is 0 Å². The molecular weight excluding hydrogens is 374 g/mol. The Morgan fingerprint density at radius 2 is 1.17 bits per heavy atom. The van der Waals surface area contributed by atoms with Crippen LogP contribution in [0.25, 0.3) is 0 Å². The molecule has 4 fully saturated rings. The Kier molecular flexibility index (Phi) is 6.76. The number of hydrogen-bond donors (Lipinski definition) is 2. The van der Waals surface area contributed by atoms with Crippen LogP contribution in [0.1, 0.15) is 116 Å². The largest absolute Gasteiger partial charge is 0.326 e. The summed E-state index contributed by atoms with van der Waals surface area (Å²) in [6.45, 7) is 1.99. The lowest BCUT2D eigenvalue weighted by atomic mass is 9.68. The highest BCUT2D eigenvalue weighted by molar-refractivity contribution is 6.07. The number of rotatable bonds is 4. The fraction of sp³-hybridized carbons (Fsp3) is 0.920. The third-order valence-electron chi connectivity index (χ3n) is 9.04. The van der Waals surface area contributed by atoms with E-state index in [0.29, 0.717) is 0 Å². The smallest absolute Gasteiger partial charge is 0.323 e. The SMILES string of the molecule is CC1(C2CCCCCCC2)NC(=O)N(C(N)(C2CCCCC2)C2CCCCC2)C1=O. The van der Waals surface area contributed by atoms with Gasteiger partial charge < -0.3 is 11.1 Å². The number of hydrogen-bond acceptors (Lipinski definition) is 3. The average Bonchev–Trinajstić information content (AvgIpc) is 2.97. The molecule has 1 saturated heterocycles. The molecule has 1 atom stereocenters. The zero-order valence-corrected chi connectivity index (χ0v) is 19.1. The monoisotopic (exact) mass is 417 g/mol. The lowest BCUT2D eigenvalue weighted by Crippen LogP contribution is -2.68. The van der Waals surface area contributed by atoms with Gasteiger partial charge >= 0.3 is 6.03 Å². The molecule has 0 aromatic carbocycles. The molecule has 0 aromatic rings. The van der Waals surface area contributed by atoms with E-state index in [1.54, 1.807) is 4.90 Å². The van der Waals surface area contributed by atoms with E-state index in [-0.39, 0.29) is 29.7 Å². The standard InChI is InChI=1S/C25H43N3O2/c1-24(19-13-7-3-2-4-8-14-19)22(29)28(23(30)27-24)25(26,20-15-9-5-10-16-20)21-17-11-6-12-18-21/h19-21H,2-18,26H2,1H3,(H,27,30). The number of urea groups is 1. The molecule has 1 unspecified atom stereocenters. The Hall–Kier alpha value is -1.10. The van der Waals surface area contributed by atoms with Crippen LogP contribution in [-0.4, -0.2) is 28.0 Å². The highest BCUT2D eigenvalue weighted by atomic mass is 16.2. The minimum atomic E-state index is -0.818. The predicted octanol–water partition coefficient (Wildman–Crippen LogP) is 5.47. The first-order chi connectivity index (χ1) is 14.5. The van der Waals surface area contributed by atoms with Crippen LogP contribution >= 0.6 is 0 Å². The zero-order valence-electron chi connectivity index (χ0n) is 19.1. The first-order valence-corrected chi connectivity index (χ1v) is 12.9. The minimum Gasteiger partial charge on any atom is -0.323 e. The van der Waals surface area contributed by atoms with Gasteiger partial charge in [0, 0.05) is 0 Å². The van der Waals surface area contributed by atoms with E-state index in [1.165, 1.54) is 57.8 Å². The summed E-state index contributed by atoms with van der Waals surface area (Å²) in [4.78, 5) is 29.0. The Balaban J connectivity index is 1.64. The first-order valence-electron chi connectivity index (χ1n) is 12.9. The molecular formula is C25H43N3O2. The van der Waals surface area contributed by atoms with Crippen molar-refractivity contribution < 1.29 is 9.59 Å². The summed E-state index contributed by atoms with van der Waals surface area (Å²) in [5.41, 5.74) is 5.68. The van der Waals surface area contributed by atoms with Crippen LogP contribution in [-0.2, 0) is 4.79 Å². The van der Waals surface area contributed by atoms with Crippen LogP contribution in [0.4, 0.5) is 4.79 Å². The van der Waals surface area contributed by atoms with Gasteiger partial charge in [0.25, 0.3) is 5.91 Å². The lowest BCUT2D eigenvalue weighted by Gasteiger charge is -2.50. The molecule has 3 N–H and O–H groups in total. The Morgan fingerprint density at radius 3 is 1.67 bits per heavy atom. The molecule has 170 valence electrons. The summed E-state index contributed by atoms with van der Waals surface area (Å²) in [7, 11) is 0. The van der Waals surface area contributed by atoms with Gasteiger partial charge in [-0.1, -0.05) is 70.6 Å². The van der Waals surface area contributed by atoms with Crippen molar-refractivity contribution in [2.24, 2.45) is 23.5 Å². The van der Waals surface area contributed by atoms with Crippen molar-refractivity contribution in [3.63, 3.8) is 0 Å². The van der Waals surface area contributed by atoms with Gasteiger partial charge in [-0.2, -0.15) is 0 Å². The van der Waals surface area contributed by atoms with Crippen molar-refractivity contribution in [3.05, 3.63) is 0 Å². The van der Waals surface area contributed by atoms with Gasteiger partial charge in [0.1, 0.15) is 11.2 Å². The first kappa shape index (κ1) is 22.1. The van der Waals surface area contributed by atoms with E-state index in [9.17, 15) is 9.59 Å². The maximum absolute atomic E-state index is 14.0. The van der Waals surface area contributed by atoms with Gasteiger partial charge in [-0.15, -0.1) is 0 Å². The van der Waals surface area contributed by atoms with Crippen molar-refractivity contribution in [2.45, 2.75) is 127 Å². The molecule has 1 aliphatic heterocycles. The van der Waals surface area contributed by atoms with Crippen LogP contribution < -0.4 is 11.1 Å². The average molecular weight is 418 g/mol. The van der Waals surface area contributed by atoms with Gasteiger partial charge in [-0.25, -0.2) is 9.69 Å². The van der Waals surface area contributed by atoms with Crippen LogP contribution in [0.2, 0.25) is 0 Å². The summed E-state index contributed by atoms with van der Waals surface area (Å²) in [6.07, 6.45) is 19.5. The maximum Gasteiger partial charge on any atom is 0.326 e. The number of imide groups is 1. The molecule has 4 rings (SSSR count). The van der Waals surface area contributed by atoms with Crippen LogP contribution in [0.3, 0.4) is 0 Å². The number of nitrogens with two attached hydrogens (primary N) is 1. The Labute approximate surface area is 182 Å². The highest BCUT2D eigenvalue weighted by Crippen LogP contribution is 2.46. The molecule has 1 heterocycles. The summed E-state index contributed by atoms with van der Waals surface area (Å²) in [6, 6.07) is -0.219. The van der Waals surface area contributed by atoms with E-state index in [2.05, 4.69) is 5.32 Å². The third-order valence-corrected chi connectivity index (χ3v) is 9.04. The summed E-state index contributed by atoms with van der Waals surface area (Å²) in [5, 5.41) is 3.19. The molecule has 0 aromatic heterocycles. The van der Waals surface area contributed by atoms with Gasteiger partial charge in [0.05, 0.1) is 0 Å². The van der Waals surface area contributed by atoms with Crippen molar-refractivity contribution in [1.82, 2.24) is 10.2 Å². The minimum absolute atomic E-state index is 0.0308. The molecule has 5 nitrogen and oxygen atoms in total. The van der Waals surface area contributed by atoms with Gasteiger partial charge in [-0.05, 0) is 63.2 Å². The second-order valence-electron chi connectivity index (χ2n) is 10.9. The van der Waals surface area contributed by atoms with Gasteiger partial charge in [-0.3, -0.25) is 4.79 Å². The topological polar surface area (TPSA) is 75.4 Å². The van der Waals surface area contributed by atoms with E-state index in [4.69, 9.17) is 5.73 Å². The van der Waals surface area contributed by atoms with Crippen LogP contribution in [0.15, 0.2) is 0 Å². The Morgan fingerprint density at radius 1 is 0.767 bits per heavy atom. The van der Waals surface area contributed by atoms with Gasteiger partial charge in [0.2, 0.25) is 0 Å². The van der Waals surface area contributed by atoms with Crippen molar-refractivity contribution in [1.29, 1.82) is 0 Å². The maximum atomic E-state index is 14.0. The fourth-order valence-electron chi connectivity index (χ4n) is 7.15. The predicted molar refractivity (Wildman–Crippen MR) is 120 cm³/mol. The third kappa shape index (κ3) is 3.91. The quantitative estimate of drug-likeness (QED) is 0.595. The molecule has 0 spiro atoms. The molecule has 4 aliphatic rings. The van der Waals surface area contributed by atoms with Crippen molar-refractivity contribution in [3.8, 4) is 0 Å². The molecule has 3 amide bonds. The fourth-order valence-corrected chi connectivity index (χ4v) is 7.15. The Bertz CT molecular complexity index is 598. The highest BCUT2D eigenvalue weighted by Gasteiger charge is 2.60. The molecule has 3 aliphatic carbocycles. The second kappa shape index (κ2) is 9.18. The van der Waals surface area contributed by atoms with E-state index in [0.717, 1.165) is 51.4 Å². The summed E-state index contributed by atoms with van der Waals surface area (Å²) < 4.78 is 0. The van der Waals surface area contributed by atoms with Gasteiger partial charge in [0.15, 0.2) is 0 Å². The van der Waals surface area contributed by atoms with Crippen LogP contribution in [0.5, 0.6) is 0 Å². The lowest BCUT2D eigenvalue weighted by molar-refractivity contribution is -0.142. The number of carbonyl (C=O) groups excluding carboxylic acids is 2. The molecule has 0 bridgehead atoms. The number of nitrogens with zero attached hydrogens (tertiary/aromatic N) is 1. The number of amides is 3. The summed E-state index contributed by atoms with van der Waals surface area (Å²) in [5.74, 6) is 0.672. The molecule has 0 radical (unpaired) electrons. The van der Waals surface area contributed by atoms with E-state index >= 15 is 0 Å². The van der Waals surface area contributed by atoms with Crippen LogP contribution in [0, 0.1) is 17.8 Å². The molecule has 30 heavy (non-hydrogen) atoms. The molecule has 3 saturated carbocycles. The molecule has 5 heteroatoms. The number of nitrogens with one attached hydrogen (secondary N) is 1. The summed E-state index contributed by atoms with van der Waals surface area (Å²) >= 11 is 0. The van der Waals surface area contributed by atoms with E-state index < -0.39 is 11.2 Å². The van der Waals surface area contributed by atoms with E-state index in [1.807, 2.05) is 6.92 Å². The second-order valence-corrected chi connectivity index (χ2v) is 10.9.